The molecule has 2 fully saturated rings. The number of nitrogens with zero attached hydrogens (tertiary/aromatic N) is 1. The summed E-state index contributed by atoms with van der Waals surface area (Å²) in [6, 6.07) is 0. The normalized spacial score (nSPS) is 35.3. The molecule has 9 heteroatoms. The number of aromatic nitrogens is 1. The van der Waals surface area contributed by atoms with E-state index in [-0.39, 0.29) is 36.9 Å². The van der Waals surface area contributed by atoms with Gasteiger partial charge in [-0.25, -0.2) is 4.98 Å². The second-order valence-corrected chi connectivity index (χ2v) is 11.6. The van der Waals surface area contributed by atoms with Crippen LogP contribution < -0.4 is 0 Å². The average Bonchev–Trinajstić information content (AvgIpc) is 3.38. The van der Waals surface area contributed by atoms with E-state index in [0.717, 1.165) is 24.8 Å². The number of hydrogen-bond acceptors (Lipinski definition) is 9. The molecule has 0 radical (unpaired) electrons. The van der Waals surface area contributed by atoms with Crippen molar-refractivity contribution in [2.75, 3.05) is 0 Å². The number of fused-ring (bicyclic) bond motifs is 1. The van der Waals surface area contributed by atoms with Crippen molar-refractivity contribution in [2.45, 2.75) is 104 Å². The number of ether oxygens (including phenoxy) is 2. The van der Waals surface area contributed by atoms with Crippen LogP contribution in [0.2, 0.25) is 0 Å². The van der Waals surface area contributed by atoms with Gasteiger partial charge in [0, 0.05) is 17.7 Å². The third-order valence-corrected chi connectivity index (χ3v) is 8.33. The van der Waals surface area contributed by atoms with E-state index in [0.29, 0.717) is 17.1 Å². The Morgan fingerprint density at radius 2 is 1.94 bits per heavy atom. The summed E-state index contributed by atoms with van der Waals surface area (Å²) >= 11 is 1.35. The van der Waals surface area contributed by atoms with Crippen LogP contribution in [0.4, 0.5) is 0 Å². The fourth-order valence-corrected chi connectivity index (χ4v) is 5.41. The van der Waals surface area contributed by atoms with Gasteiger partial charge >= 0.3 is 5.97 Å². The third-order valence-electron chi connectivity index (χ3n) is 7.48. The van der Waals surface area contributed by atoms with Gasteiger partial charge in [-0.15, -0.1) is 11.3 Å². The number of aliphatic hydroxyl groups excluding tert-OH is 3. The Morgan fingerprint density at radius 1 is 1.23 bits per heavy atom. The Morgan fingerprint density at radius 3 is 2.60 bits per heavy atom. The van der Waals surface area contributed by atoms with Crippen molar-refractivity contribution in [3.05, 3.63) is 21.7 Å². The summed E-state index contributed by atoms with van der Waals surface area (Å²) in [5.41, 5.74) is 0.253. The van der Waals surface area contributed by atoms with Gasteiger partial charge in [0.05, 0.1) is 48.6 Å². The maximum Gasteiger partial charge on any atom is 0.309 e. The number of carbonyl (C=O) groups excluding carboxylic acids is 2. The molecule has 0 aliphatic carbocycles. The van der Waals surface area contributed by atoms with Crippen molar-refractivity contribution in [1.29, 1.82) is 0 Å². The van der Waals surface area contributed by atoms with E-state index in [4.69, 9.17) is 9.47 Å². The van der Waals surface area contributed by atoms with Gasteiger partial charge in [-0.3, -0.25) is 9.59 Å². The molecule has 8 nitrogen and oxygen atoms in total. The van der Waals surface area contributed by atoms with Crippen molar-refractivity contribution >= 4 is 29.2 Å². The zero-order valence-corrected chi connectivity index (χ0v) is 22.1. The van der Waals surface area contributed by atoms with Crippen molar-refractivity contribution in [1.82, 2.24) is 4.98 Å². The molecular formula is C26H39NO7S. The van der Waals surface area contributed by atoms with Gasteiger partial charge in [-0.05, 0) is 37.3 Å². The predicted molar refractivity (Wildman–Crippen MR) is 132 cm³/mol. The largest absolute Gasteiger partial charge is 0.458 e. The lowest BCUT2D eigenvalue weighted by molar-refractivity contribution is -0.154. The molecule has 2 aliphatic rings. The van der Waals surface area contributed by atoms with E-state index in [2.05, 4.69) is 4.98 Å². The zero-order chi connectivity index (χ0) is 25.9. The molecule has 0 spiro atoms. The second-order valence-electron chi connectivity index (χ2n) is 10.6. The van der Waals surface area contributed by atoms with E-state index in [1.54, 1.807) is 20.8 Å². The lowest BCUT2D eigenvalue weighted by atomic mass is 9.73. The predicted octanol–water partition coefficient (Wildman–Crippen LogP) is 3.27. The molecule has 1 aromatic rings. The van der Waals surface area contributed by atoms with Crippen LogP contribution in [0.25, 0.3) is 6.08 Å². The SMILES string of the molecule is CC(=Cc1csc(CO)n1)C1CC2OC2CCCC(C)C(O)C(C)C(=O)C(C)(C)C(O)CC(=O)O1. The number of thiazole rings is 1. The number of cyclic esters (lactones) is 1. The van der Waals surface area contributed by atoms with Crippen LogP contribution in [0.15, 0.2) is 11.0 Å². The van der Waals surface area contributed by atoms with Crippen LogP contribution >= 0.6 is 11.3 Å². The topological polar surface area (TPSA) is 129 Å². The summed E-state index contributed by atoms with van der Waals surface area (Å²) in [7, 11) is 0. The van der Waals surface area contributed by atoms with Crippen LogP contribution in [0.1, 0.15) is 77.4 Å². The maximum atomic E-state index is 13.2. The Kier molecular flexibility index (Phi) is 9.26. The van der Waals surface area contributed by atoms with Gasteiger partial charge in [0.1, 0.15) is 16.9 Å². The molecule has 196 valence electrons. The minimum Gasteiger partial charge on any atom is -0.458 e. The third kappa shape index (κ3) is 6.98. The van der Waals surface area contributed by atoms with Gasteiger partial charge in [0.25, 0.3) is 0 Å². The lowest BCUT2D eigenvalue weighted by Crippen LogP contribution is -2.45. The van der Waals surface area contributed by atoms with Crippen molar-refractivity contribution in [3.8, 4) is 0 Å². The monoisotopic (exact) mass is 509 g/mol. The fraction of sp³-hybridized carbons (Fsp3) is 0.731. The average molecular weight is 510 g/mol. The zero-order valence-electron chi connectivity index (χ0n) is 21.3. The van der Waals surface area contributed by atoms with Gasteiger partial charge < -0.3 is 24.8 Å². The maximum absolute atomic E-state index is 13.2. The Hall–Kier alpha value is -1.65. The summed E-state index contributed by atoms with van der Waals surface area (Å²) in [6.45, 7) is 8.57. The minimum absolute atomic E-state index is 0.0328. The molecule has 3 heterocycles. The first-order chi connectivity index (χ1) is 16.4. The van der Waals surface area contributed by atoms with Gasteiger partial charge in [0.15, 0.2) is 0 Å². The quantitative estimate of drug-likeness (QED) is 0.418. The summed E-state index contributed by atoms with van der Waals surface area (Å²) in [5, 5.41) is 33.3. The van der Waals surface area contributed by atoms with Crippen LogP contribution in [-0.2, 0) is 25.7 Å². The number of hydrogen-bond donors (Lipinski definition) is 3. The van der Waals surface area contributed by atoms with Crippen molar-refractivity contribution in [2.24, 2.45) is 17.3 Å². The van der Waals surface area contributed by atoms with E-state index < -0.39 is 35.6 Å². The molecule has 7 unspecified atom stereocenters. The van der Waals surface area contributed by atoms with Crippen LogP contribution in [0.5, 0.6) is 0 Å². The number of ketones is 1. The molecule has 3 N–H and O–H groups in total. The number of esters is 1. The summed E-state index contributed by atoms with van der Waals surface area (Å²) in [6.07, 6.45) is 1.86. The lowest BCUT2D eigenvalue weighted by Gasteiger charge is -2.34. The Bertz CT molecular complexity index is 927. The fourth-order valence-electron chi connectivity index (χ4n) is 4.80. The Balaban J connectivity index is 1.81. The van der Waals surface area contributed by atoms with E-state index >= 15 is 0 Å². The second kappa shape index (κ2) is 11.6. The first-order valence-electron chi connectivity index (χ1n) is 12.4. The smallest absolute Gasteiger partial charge is 0.309 e. The molecule has 2 saturated heterocycles. The van der Waals surface area contributed by atoms with Crippen LogP contribution in [0.3, 0.4) is 0 Å². The van der Waals surface area contributed by atoms with Crippen molar-refractivity contribution in [3.63, 3.8) is 0 Å². The highest BCUT2D eigenvalue weighted by molar-refractivity contribution is 7.09. The molecule has 2 aliphatic heterocycles. The van der Waals surface area contributed by atoms with Gasteiger partial charge in [0.2, 0.25) is 0 Å². The first-order valence-corrected chi connectivity index (χ1v) is 13.3. The molecule has 7 atom stereocenters. The van der Waals surface area contributed by atoms with Crippen LogP contribution in [-0.4, -0.2) is 62.6 Å². The standard InChI is InChI=1S/C26H39NO7S/c1-14-7-6-8-18-20(33-18)10-19(15(2)9-17-13-35-22(12-28)27-17)34-23(30)11-21(29)26(4,5)25(32)16(3)24(14)31/h9,13-14,16,18-21,24,28-29,31H,6-8,10-12H2,1-5H3. The highest BCUT2D eigenvalue weighted by Crippen LogP contribution is 2.36. The van der Waals surface area contributed by atoms with E-state index in [1.807, 2.05) is 25.3 Å². The number of aliphatic hydroxyl groups is 3. The van der Waals surface area contributed by atoms with E-state index in [1.165, 1.54) is 11.3 Å². The van der Waals surface area contributed by atoms with Crippen LogP contribution in [0, 0.1) is 17.3 Å². The summed E-state index contributed by atoms with van der Waals surface area (Å²) < 4.78 is 11.7. The number of Topliss-reactive ketones (excluding diaryl/α,β-unsaturated/α-hetero) is 1. The molecule has 1 aromatic heterocycles. The molecule has 0 amide bonds. The first kappa shape index (κ1) is 27.9. The molecule has 3 rings (SSSR count). The van der Waals surface area contributed by atoms with Gasteiger partial charge in [-0.2, -0.15) is 0 Å². The highest BCUT2D eigenvalue weighted by Gasteiger charge is 2.44. The Labute approximate surface area is 211 Å². The molecule has 0 bridgehead atoms. The molecular weight excluding hydrogens is 470 g/mol. The molecule has 0 aromatic carbocycles. The van der Waals surface area contributed by atoms with Gasteiger partial charge in [-0.1, -0.05) is 34.1 Å². The number of rotatable bonds is 3. The molecule has 0 saturated carbocycles. The minimum atomic E-state index is -1.25. The summed E-state index contributed by atoms with van der Waals surface area (Å²) in [4.78, 5) is 30.4. The number of epoxide rings is 1. The van der Waals surface area contributed by atoms with E-state index in [9.17, 15) is 24.9 Å². The highest BCUT2D eigenvalue weighted by atomic mass is 32.1. The van der Waals surface area contributed by atoms with Crippen molar-refractivity contribution < 1.29 is 34.4 Å². The summed E-state index contributed by atoms with van der Waals surface area (Å²) in [5.74, 6) is -1.61. The number of carbonyl (C=O) groups is 2. The molecule has 35 heavy (non-hydrogen) atoms.